The molecule has 0 spiro atoms. The van der Waals surface area contributed by atoms with Gasteiger partial charge in [0.1, 0.15) is 0 Å². The molecule has 4 rings (SSSR count). The molecule has 0 radical (unpaired) electrons. The Labute approximate surface area is 195 Å². The van der Waals surface area contributed by atoms with Crippen LogP contribution < -0.4 is 4.90 Å². The number of alkyl halides is 3. The second-order valence-corrected chi connectivity index (χ2v) is 11.0. The molecule has 0 N–H and O–H groups in total. The van der Waals surface area contributed by atoms with Gasteiger partial charge in [-0.3, -0.25) is 0 Å². The van der Waals surface area contributed by atoms with Crippen molar-refractivity contribution in [1.29, 1.82) is 0 Å². The van der Waals surface area contributed by atoms with E-state index in [2.05, 4.69) is 4.98 Å². The Morgan fingerprint density at radius 2 is 1.73 bits per heavy atom. The minimum Gasteiger partial charge on any atom is -0.348 e. The van der Waals surface area contributed by atoms with Crippen molar-refractivity contribution < 1.29 is 30.4 Å². The number of sulfone groups is 1. The lowest BCUT2D eigenvalue weighted by atomic mass is 10.1. The lowest BCUT2D eigenvalue weighted by Crippen LogP contribution is -2.39. The van der Waals surface area contributed by atoms with E-state index in [1.54, 1.807) is 5.38 Å². The van der Waals surface area contributed by atoms with E-state index in [0.717, 1.165) is 24.3 Å². The molecule has 1 aromatic heterocycles. The van der Waals surface area contributed by atoms with Crippen LogP contribution in [0.1, 0.15) is 18.4 Å². The van der Waals surface area contributed by atoms with E-state index >= 15 is 0 Å². The normalized spacial score (nSPS) is 15.8. The van der Waals surface area contributed by atoms with Gasteiger partial charge in [0.05, 0.1) is 26.4 Å². The third-order valence-corrected chi connectivity index (χ3v) is 9.07. The number of aromatic nitrogens is 1. The molecular formula is C21H16ClF5N2O2S2. The molecule has 0 atom stereocenters. The molecule has 4 nitrogen and oxygen atoms in total. The van der Waals surface area contributed by atoms with Crippen LogP contribution in [0.2, 0.25) is 5.02 Å². The molecule has 12 heteroatoms. The first-order valence-electron chi connectivity index (χ1n) is 9.73. The van der Waals surface area contributed by atoms with Gasteiger partial charge in [-0.2, -0.15) is 13.2 Å². The maximum absolute atomic E-state index is 13.5. The first-order chi connectivity index (χ1) is 15.5. The monoisotopic (exact) mass is 522 g/mol. The fourth-order valence-electron chi connectivity index (χ4n) is 3.63. The summed E-state index contributed by atoms with van der Waals surface area (Å²) in [7, 11) is -4.08. The Kier molecular flexibility index (Phi) is 6.41. The minimum absolute atomic E-state index is 0.176. The van der Waals surface area contributed by atoms with Crippen molar-refractivity contribution in [2.75, 3.05) is 18.0 Å². The zero-order valence-corrected chi connectivity index (χ0v) is 19.1. The van der Waals surface area contributed by atoms with Gasteiger partial charge >= 0.3 is 6.18 Å². The number of benzene rings is 2. The highest BCUT2D eigenvalue weighted by Gasteiger charge is 2.37. The van der Waals surface area contributed by atoms with E-state index in [1.807, 2.05) is 4.90 Å². The van der Waals surface area contributed by atoms with Gasteiger partial charge in [-0.15, -0.1) is 11.3 Å². The molecule has 1 fully saturated rings. The van der Waals surface area contributed by atoms with Crippen LogP contribution in [-0.2, 0) is 16.0 Å². The molecule has 0 saturated carbocycles. The first kappa shape index (κ1) is 23.9. The van der Waals surface area contributed by atoms with Crippen LogP contribution in [-0.4, -0.2) is 31.7 Å². The zero-order chi connectivity index (χ0) is 24.0. The number of nitrogens with zero attached hydrogens (tertiary/aromatic N) is 2. The predicted molar refractivity (Wildman–Crippen MR) is 116 cm³/mol. The van der Waals surface area contributed by atoms with Gasteiger partial charge in [0.15, 0.2) is 26.6 Å². The summed E-state index contributed by atoms with van der Waals surface area (Å²) in [5.74, 6) is -1.94. The number of piperidine rings is 1. The van der Waals surface area contributed by atoms with Gasteiger partial charge in [0.25, 0.3) is 0 Å². The third kappa shape index (κ3) is 4.85. The molecule has 1 saturated heterocycles. The van der Waals surface area contributed by atoms with Crippen LogP contribution in [0.4, 0.5) is 27.1 Å². The van der Waals surface area contributed by atoms with Gasteiger partial charge < -0.3 is 4.90 Å². The second kappa shape index (κ2) is 8.84. The SMILES string of the molecule is O=S(=O)(c1cc(C(F)(F)F)ccc1Cl)C1CCN(c2nc(-c3ccc(F)c(F)c3)cs2)CC1. The quantitative estimate of drug-likeness (QED) is 0.383. The van der Waals surface area contributed by atoms with Crippen molar-refractivity contribution in [2.45, 2.75) is 29.2 Å². The van der Waals surface area contributed by atoms with Gasteiger partial charge in [0, 0.05) is 24.0 Å². The summed E-state index contributed by atoms with van der Waals surface area (Å²) >= 11 is 7.22. The Hall–Kier alpha value is -2.24. The second-order valence-electron chi connectivity index (χ2n) is 7.52. The largest absolute Gasteiger partial charge is 0.416 e. The molecule has 0 amide bonds. The highest BCUT2D eigenvalue weighted by Crippen LogP contribution is 2.37. The molecular weight excluding hydrogens is 507 g/mol. The average molecular weight is 523 g/mol. The smallest absolute Gasteiger partial charge is 0.348 e. The molecule has 1 aliphatic heterocycles. The van der Waals surface area contributed by atoms with E-state index in [4.69, 9.17) is 11.6 Å². The Morgan fingerprint density at radius 3 is 2.36 bits per heavy atom. The highest BCUT2D eigenvalue weighted by atomic mass is 35.5. The first-order valence-corrected chi connectivity index (χ1v) is 12.5. The van der Waals surface area contributed by atoms with Crippen molar-refractivity contribution in [3.63, 3.8) is 0 Å². The maximum Gasteiger partial charge on any atom is 0.416 e. The summed E-state index contributed by atoms with van der Waals surface area (Å²) in [4.78, 5) is 5.77. The number of hydrogen-bond donors (Lipinski definition) is 0. The van der Waals surface area contributed by atoms with Gasteiger partial charge in [-0.25, -0.2) is 22.2 Å². The summed E-state index contributed by atoms with van der Waals surface area (Å²) in [5, 5.41) is 1.14. The summed E-state index contributed by atoms with van der Waals surface area (Å²) < 4.78 is 91.9. The topological polar surface area (TPSA) is 50.3 Å². The molecule has 2 aromatic carbocycles. The molecule has 2 heterocycles. The average Bonchev–Trinajstić information content (AvgIpc) is 3.25. The lowest BCUT2D eigenvalue weighted by Gasteiger charge is -2.31. The van der Waals surface area contributed by atoms with Crippen molar-refractivity contribution in [3.8, 4) is 11.3 Å². The summed E-state index contributed by atoms with van der Waals surface area (Å²) in [6.07, 6.45) is -4.34. The van der Waals surface area contributed by atoms with Crippen molar-refractivity contribution in [2.24, 2.45) is 0 Å². The predicted octanol–water partition coefficient (Wildman–Crippen LogP) is 6.20. The van der Waals surface area contributed by atoms with E-state index in [1.165, 1.54) is 17.4 Å². The van der Waals surface area contributed by atoms with Crippen LogP contribution in [0.25, 0.3) is 11.3 Å². The fraction of sp³-hybridized carbons (Fsp3) is 0.286. The summed E-state index contributed by atoms with van der Waals surface area (Å²) in [6.45, 7) is 0.621. The van der Waals surface area contributed by atoms with Crippen molar-refractivity contribution in [3.05, 3.63) is 64.0 Å². The van der Waals surface area contributed by atoms with E-state index in [9.17, 15) is 30.4 Å². The Morgan fingerprint density at radius 1 is 1.03 bits per heavy atom. The standard InChI is InChI=1S/C21H16ClF5N2O2S2/c22-15-3-2-13(21(25,26)27)10-19(15)33(30,31)14-5-7-29(8-6-14)20-28-18(11-32-20)12-1-4-16(23)17(24)9-12/h1-4,9-11,14H,5-8H2. The number of anilines is 1. The molecule has 0 aliphatic carbocycles. The fourth-order valence-corrected chi connectivity index (χ4v) is 6.78. The number of halogens is 6. The van der Waals surface area contributed by atoms with Crippen LogP contribution in [0.15, 0.2) is 46.7 Å². The molecule has 33 heavy (non-hydrogen) atoms. The maximum atomic E-state index is 13.5. The Balaban J connectivity index is 1.49. The van der Waals surface area contributed by atoms with Crippen LogP contribution >= 0.6 is 22.9 Å². The molecule has 1 aliphatic rings. The van der Waals surface area contributed by atoms with Gasteiger partial charge in [0.2, 0.25) is 0 Å². The molecule has 0 unspecified atom stereocenters. The summed E-state index contributed by atoms with van der Waals surface area (Å²) in [6, 6.07) is 5.75. The number of hydrogen-bond acceptors (Lipinski definition) is 5. The van der Waals surface area contributed by atoms with Crippen molar-refractivity contribution in [1.82, 2.24) is 4.98 Å². The number of thiazole rings is 1. The lowest BCUT2D eigenvalue weighted by molar-refractivity contribution is -0.137. The Bertz CT molecular complexity index is 1290. The zero-order valence-electron chi connectivity index (χ0n) is 16.7. The van der Waals surface area contributed by atoms with Crippen LogP contribution in [0, 0.1) is 11.6 Å². The van der Waals surface area contributed by atoms with Crippen LogP contribution in [0.3, 0.4) is 0 Å². The molecule has 3 aromatic rings. The van der Waals surface area contributed by atoms with Gasteiger partial charge in [-0.05, 0) is 49.2 Å². The van der Waals surface area contributed by atoms with E-state index < -0.39 is 43.4 Å². The minimum atomic E-state index is -4.69. The van der Waals surface area contributed by atoms with E-state index in [-0.39, 0.29) is 17.9 Å². The highest BCUT2D eigenvalue weighted by molar-refractivity contribution is 7.92. The van der Waals surface area contributed by atoms with Gasteiger partial charge in [-0.1, -0.05) is 11.6 Å². The molecule has 0 bridgehead atoms. The van der Waals surface area contributed by atoms with Crippen LogP contribution in [0.5, 0.6) is 0 Å². The summed E-state index contributed by atoms with van der Waals surface area (Å²) in [5.41, 5.74) is -0.206. The number of rotatable bonds is 4. The van der Waals surface area contributed by atoms with E-state index in [0.29, 0.717) is 35.5 Å². The molecule has 176 valence electrons. The van der Waals surface area contributed by atoms with Crippen molar-refractivity contribution >= 4 is 37.9 Å². The third-order valence-electron chi connectivity index (χ3n) is 5.42.